The van der Waals surface area contributed by atoms with Gasteiger partial charge in [0.15, 0.2) is 11.5 Å². The Labute approximate surface area is 88.6 Å². The number of carbonyl (C=O) groups excluding carboxylic acids is 1. The molecule has 1 aromatic rings. The van der Waals surface area contributed by atoms with Crippen molar-refractivity contribution >= 4 is 5.91 Å². The molecule has 0 saturated carbocycles. The quantitative estimate of drug-likeness (QED) is 0.652. The van der Waals surface area contributed by atoms with Gasteiger partial charge < -0.3 is 15.5 Å². The number of hydrogen-bond donors (Lipinski definition) is 3. The molecule has 0 fully saturated rings. The van der Waals surface area contributed by atoms with E-state index in [1.54, 1.807) is 13.0 Å². The monoisotopic (exact) mass is 209 g/mol. The Morgan fingerprint density at radius 2 is 2.07 bits per heavy atom. The maximum absolute atomic E-state index is 10.6. The van der Waals surface area contributed by atoms with Crippen LogP contribution in [0.3, 0.4) is 0 Å². The van der Waals surface area contributed by atoms with E-state index in [1.165, 1.54) is 13.0 Å². The molecule has 0 spiro atoms. The average Bonchev–Trinajstić information content (AvgIpc) is 2.13. The third-order valence-corrected chi connectivity index (χ3v) is 2.13. The molecule has 3 N–H and O–H groups in total. The van der Waals surface area contributed by atoms with Crippen LogP contribution in [0.15, 0.2) is 12.1 Å². The van der Waals surface area contributed by atoms with E-state index < -0.39 is 0 Å². The number of amides is 1. The highest BCUT2D eigenvalue weighted by atomic mass is 16.3. The number of carbonyl (C=O) groups is 1. The molecule has 1 rings (SSSR count). The van der Waals surface area contributed by atoms with E-state index in [1.807, 2.05) is 0 Å². The van der Waals surface area contributed by atoms with Crippen molar-refractivity contribution in [1.82, 2.24) is 5.32 Å². The summed E-state index contributed by atoms with van der Waals surface area (Å²) in [5.74, 6) is -0.277. The lowest BCUT2D eigenvalue weighted by molar-refractivity contribution is -0.118. The van der Waals surface area contributed by atoms with Gasteiger partial charge in [-0.2, -0.15) is 0 Å². The van der Waals surface area contributed by atoms with Gasteiger partial charge in [-0.15, -0.1) is 0 Å². The summed E-state index contributed by atoms with van der Waals surface area (Å²) in [7, 11) is 0. The van der Waals surface area contributed by atoms with Crippen molar-refractivity contribution in [1.29, 1.82) is 0 Å². The Hall–Kier alpha value is -1.71. The zero-order valence-electron chi connectivity index (χ0n) is 8.87. The minimum Gasteiger partial charge on any atom is -0.504 e. The fourth-order valence-electron chi connectivity index (χ4n) is 1.36. The van der Waals surface area contributed by atoms with Gasteiger partial charge in [-0.3, -0.25) is 4.79 Å². The summed E-state index contributed by atoms with van der Waals surface area (Å²) in [6, 6.07) is 3.29. The van der Waals surface area contributed by atoms with Crippen LogP contribution in [0.25, 0.3) is 0 Å². The van der Waals surface area contributed by atoms with Gasteiger partial charge in [-0.05, 0) is 30.5 Å². The second-order valence-corrected chi connectivity index (χ2v) is 3.51. The van der Waals surface area contributed by atoms with Crippen molar-refractivity contribution in [3.63, 3.8) is 0 Å². The van der Waals surface area contributed by atoms with Gasteiger partial charge in [0.2, 0.25) is 5.91 Å². The van der Waals surface area contributed by atoms with E-state index in [0.29, 0.717) is 18.5 Å². The number of benzene rings is 1. The SMILES string of the molecule is CC(=O)NCCc1cc(C)c(O)c(O)c1. The minimum absolute atomic E-state index is 0.0743. The van der Waals surface area contributed by atoms with Gasteiger partial charge >= 0.3 is 0 Å². The molecule has 15 heavy (non-hydrogen) atoms. The van der Waals surface area contributed by atoms with Crippen molar-refractivity contribution in [3.05, 3.63) is 23.3 Å². The van der Waals surface area contributed by atoms with Gasteiger partial charge in [0.1, 0.15) is 0 Å². The second-order valence-electron chi connectivity index (χ2n) is 3.51. The van der Waals surface area contributed by atoms with Crippen molar-refractivity contribution in [2.75, 3.05) is 6.54 Å². The van der Waals surface area contributed by atoms with E-state index in [2.05, 4.69) is 5.32 Å². The lowest BCUT2D eigenvalue weighted by Gasteiger charge is -2.07. The first-order valence-electron chi connectivity index (χ1n) is 4.76. The molecule has 0 aliphatic carbocycles. The second kappa shape index (κ2) is 4.68. The van der Waals surface area contributed by atoms with Crippen molar-refractivity contribution in [3.8, 4) is 11.5 Å². The number of phenolic OH excluding ortho intramolecular Hbond substituents is 2. The third kappa shape index (κ3) is 3.16. The minimum atomic E-state index is -0.118. The third-order valence-electron chi connectivity index (χ3n) is 2.13. The zero-order valence-corrected chi connectivity index (χ0v) is 8.87. The molecule has 0 aromatic heterocycles. The van der Waals surface area contributed by atoms with Crippen LogP contribution in [-0.4, -0.2) is 22.7 Å². The summed E-state index contributed by atoms with van der Waals surface area (Å²) < 4.78 is 0. The molecule has 0 heterocycles. The van der Waals surface area contributed by atoms with Crippen LogP contribution in [0.1, 0.15) is 18.1 Å². The fraction of sp³-hybridized carbons (Fsp3) is 0.364. The van der Waals surface area contributed by atoms with E-state index in [4.69, 9.17) is 0 Å². The lowest BCUT2D eigenvalue weighted by Crippen LogP contribution is -2.22. The van der Waals surface area contributed by atoms with Crippen LogP contribution in [0.2, 0.25) is 0 Å². The molecule has 0 unspecified atom stereocenters. The number of rotatable bonds is 3. The molecule has 1 aromatic carbocycles. The summed E-state index contributed by atoms with van der Waals surface area (Å²) in [5, 5.41) is 21.3. The molecule has 0 saturated heterocycles. The summed E-state index contributed by atoms with van der Waals surface area (Å²) in [4.78, 5) is 10.6. The smallest absolute Gasteiger partial charge is 0.216 e. The molecule has 0 bridgehead atoms. The Bertz CT molecular complexity index is 351. The molecular formula is C11H15NO3. The summed E-state index contributed by atoms with van der Waals surface area (Å²) in [6.45, 7) is 3.70. The predicted molar refractivity (Wildman–Crippen MR) is 56.9 cm³/mol. The molecule has 0 radical (unpaired) electrons. The van der Waals surface area contributed by atoms with E-state index in [9.17, 15) is 15.0 Å². The number of aryl methyl sites for hydroxylation is 1. The molecule has 4 heteroatoms. The van der Waals surface area contributed by atoms with E-state index in [0.717, 1.165) is 5.56 Å². The van der Waals surface area contributed by atoms with Crippen LogP contribution in [0.5, 0.6) is 11.5 Å². The predicted octanol–water partition coefficient (Wildman–Crippen LogP) is 1.08. The van der Waals surface area contributed by atoms with Gasteiger partial charge in [0, 0.05) is 13.5 Å². The highest BCUT2D eigenvalue weighted by Gasteiger charge is 2.05. The molecule has 82 valence electrons. The van der Waals surface area contributed by atoms with Gasteiger partial charge in [-0.25, -0.2) is 0 Å². The Kier molecular flexibility index (Phi) is 3.55. The summed E-state index contributed by atoms with van der Waals surface area (Å²) in [6.07, 6.45) is 0.633. The number of hydrogen-bond acceptors (Lipinski definition) is 3. The maximum atomic E-state index is 10.6. The van der Waals surface area contributed by atoms with Gasteiger partial charge in [0.25, 0.3) is 0 Å². The Morgan fingerprint density at radius 1 is 1.40 bits per heavy atom. The number of aromatic hydroxyl groups is 2. The molecule has 4 nitrogen and oxygen atoms in total. The lowest BCUT2D eigenvalue weighted by atomic mass is 10.1. The van der Waals surface area contributed by atoms with Gasteiger partial charge in [-0.1, -0.05) is 6.07 Å². The fourth-order valence-corrected chi connectivity index (χ4v) is 1.36. The normalized spacial score (nSPS) is 10.0. The molecule has 0 aliphatic rings. The highest BCUT2D eigenvalue weighted by molar-refractivity contribution is 5.72. The first-order valence-corrected chi connectivity index (χ1v) is 4.76. The van der Waals surface area contributed by atoms with Crippen LogP contribution in [0, 0.1) is 6.92 Å². The average molecular weight is 209 g/mol. The summed E-state index contributed by atoms with van der Waals surface area (Å²) in [5.41, 5.74) is 1.52. The van der Waals surface area contributed by atoms with Crippen LogP contribution < -0.4 is 5.32 Å². The van der Waals surface area contributed by atoms with Crippen LogP contribution >= 0.6 is 0 Å². The first-order chi connectivity index (χ1) is 7.00. The topological polar surface area (TPSA) is 69.6 Å². The number of nitrogens with one attached hydrogen (secondary N) is 1. The van der Waals surface area contributed by atoms with Gasteiger partial charge in [0.05, 0.1) is 0 Å². The molecule has 1 amide bonds. The van der Waals surface area contributed by atoms with Crippen molar-refractivity contribution < 1.29 is 15.0 Å². The Morgan fingerprint density at radius 3 is 2.60 bits per heavy atom. The standard InChI is InChI=1S/C11H15NO3/c1-7-5-9(3-4-12-8(2)13)6-10(14)11(7)15/h5-6,14-15H,3-4H2,1-2H3,(H,12,13). The molecule has 0 atom stereocenters. The molecule has 0 aliphatic heterocycles. The summed E-state index contributed by atoms with van der Waals surface area (Å²) >= 11 is 0. The Balaban J connectivity index is 2.66. The highest BCUT2D eigenvalue weighted by Crippen LogP contribution is 2.29. The number of phenols is 2. The van der Waals surface area contributed by atoms with Crippen molar-refractivity contribution in [2.24, 2.45) is 0 Å². The van der Waals surface area contributed by atoms with E-state index in [-0.39, 0.29) is 17.4 Å². The largest absolute Gasteiger partial charge is 0.504 e. The first kappa shape index (κ1) is 11.4. The van der Waals surface area contributed by atoms with Crippen molar-refractivity contribution in [2.45, 2.75) is 20.3 Å². The maximum Gasteiger partial charge on any atom is 0.216 e. The van der Waals surface area contributed by atoms with Crippen LogP contribution in [-0.2, 0) is 11.2 Å². The van der Waals surface area contributed by atoms with E-state index >= 15 is 0 Å². The molecular weight excluding hydrogens is 194 g/mol. The van der Waals surface area contributed by atoms with Crippen LogP contribution in [0.4, 0.5) is 0 Å². The zero-order chi connectivity index (χ0) is 11.4.